The van der Waals surface area contributed by atoms with Crippen LogP contribution < -0.4 is 4.74 Å². The number of nitrogens with zero attached hydrogens (tertiary/aromatic N) is 1. The Balaban J connectivity index is 1.35. The Bertz CT molecular complexity index is 887. The van der Waals surface area contributed by atoms with Gasteiger partial charge in [0.1, 0.15) is 12.4 Å². The molecule has 4 nitrogen and oxygen atoms in total. The van der Waals surface area contributed by atoms with E-state index < -0.39 is 6.10 Å². The minimum Gasteiger partial charge on any atom is -0.490 e. The molecule has 1 aliphatic rings. The zero-order valence-electron chi connectivity index (χ0n) is 15.2. The van der Waals surface area contributed by atoms with Crippen molar-refractivity contribution in [3.8, 4) is 5.75 Å². The van der Waals surface area contributed by atoms with Gasteiger partial charge in [-0.15, -0.1) is 0 Å². The smallest absolute Gasteiger partial charge is 0.130 e. The second-order valence-corrected chi connectivity index (χ2v) is 7.33. The summed E-state index contributed by atoms with van der Waals surface area (Å²) in [7, 11) is 0. The van der Waals surface area contributed by atoms with Gasteiger partial charge in [0.25, 0.3) is 0 Å². The molecule has 26 heavy (non-hydrogen) atoms. The maximum absolute atomic E-state index is 10.4. The molecule has 0 saturated heterocycles. The van der Waals surface area contributed by atoms with E-state index in [9.17, 15) is 5.11 Å². The Labute approximate surface area is 154 Å². The molecule has 2 aromatic carbocycles. The molecule has 1 unspecified atom stereocenters. The molecule has 4 heteroatoms. The van der Waals surface area contributed by atoms with Gasteiger partial charge in [-0.3, -0.25) is 5.10 Å². The van der Waals surface area contributed by atoms with Crippen LogP contribution >= 0.6 is 0 Å². The Hall–Kier alpha value is -2.33. The summed E-state index contributed by atoms with van der Waals surface area (Å²) in [5, 5.41) is 18.7. The Morgan fingerprint density at radius 1 is 1.23 bits per heavy atom. The van der Waals surface area contributed by atoms with Gasteiger partial charge in [-0.2, -0.15) is 5.10 Å². The number of aromatic amines is 1. The van der Waals surface area contributed by atoms with Crippen molar-refractivity contribution in [3.63, 3.8) is 0 Å². The first kappa shape index (κ1) is 17.1. The summed E-state index contributed by atoms with van der Waals surface area (Å²) < 4.78 is 5.92. The number of aryl methyl sites for hydroxylation is 2. The fourth-order valence-corrected chi connectivity index (χ4v) is 4.13. The molecule has 0 saturated carbocycles. The van der Waals surface area contributed by atoms with Crippen LogP contribution in [0, 0.1) is 6.92 Å². The molecule has 0 spiro atoms. The minimum absolute atomic E-state index is 0.318. The number of fused-ring (bicyclic) bond motifs is 2. The molecule has 0 amide bonds. The molecule has 1 heterocycles. The first-order valence-corrected chi connectivity index (χ1v) is 9.54. The predicted molar refractivity (Wildman–Crippen MR) is 104 cm³/mol. The highest BCUT2D eigenvalue weighted by molar-refractivity contribution is 5.87. The molecule has 2 atom stereocenters. The molecule has 2 N–H and O–H groups in total. The maximum Gasteiger partial charge on any atom is 0.130 e. The highest BCUT2D eigenvalue weighted by Crippen LogP contribution is 2.35. The third-order valence-corrected chi connectivity index (χ3v) is 5.50. The number of nitrogens with one attached hydrogen (secondary N) is 1. The molecule has 0 radical (unpaired) electrons. The Morgan fingerprint density at radius 3 is 3.04 bits per heavy atom. The van der Waals surface area contributed by atoms with Crippen LogP contribution in [0.2, 0.25) is 0 Å². The number of hydrogen-bond acceptors (Lipinski definition) is 3. The first-order valence-electron chi connectivity index (χ1n) is 9.54. The molecule has 3 aromatic rings. The summed E-state index contributed by atoms with van der Waals surface area (Å²) in [6.45, 7) is 2.30. The van der Waals surface area contributed by atoms with E-state index >= 15 is 0 Å². The monoisotopic (exact) mass is 350 g/mol. The van der Waals surface area contributed by atoms with Gasteiger partial charge in [-0.1, -0.05) is 30.3 Å². The van der Waals surface area contributed by atoms with Crippen LogP contribution in [-0.2, 0) is 6.42 Å². The molecular weight excluding hydrogens is 324 g/mol. The topological polar surface area (TPSA) is 58.1 Å². The van der Waals surface area contributed by atoms with Crippen molar-refractivity contribution in [2.24, 2.45) is 0 Å². The van der Waals surface area contributed by atoms with Crippen LogP contribution in [0.15, 0.2) is 42.5 Å². The molecule has 0 aliphatic heterocycles. The van der Waals surface area contributed by atoms with Gasteiger partial charge in [-0.25, -0.2) is 0 Å². The molecule has 0 fully saturated rings. The average Bonchev–Trinajstić information content (AvgIpc) is 3.06. The van der Waals surface area contributed by atoms with Crippen molar-refractivity contribution < 1.29 is 9.84 Å². The Morgan fingerprint density at radius 2 is 2.12 bits per heavy atom. The Kier molecular flexibility index (Phi) is 4.93. The van der Waals surface area contributed by atoms with E-state index in [1.807, 2.05) is 25.1 Å². The van der Waals surface area contributed by atoms with Gasteiger partial charge in [0.05, 0.1) is 17.0 Å². The van der Waals surface area contributed by atoms with Crippen molar-refractivity contribution >= 4 is 10.9 Å². The van der Waals surface area contributed by atoms with Crippen LogP contribution in [0.4, 0.5) is 0 Å². The first-order chi connectivity index (χ1) is 12.7. The summed E-state index contributed by atoms with van der Waals surface area (Å²) in [4.78, 5) is 0. The van der Waals surface area contributed by atoms with Crippen LogP contribution in [0.5, 0.6) is 5.75 Å². The van der Waals surface area contributed by atoms with E-state index in [0.29, 0.717) is 12.5 Å². The summed E-state index contributed by atoms with van der Waals surface area (Å²) >= 11 is 0. The average molecular weight is 350 g/mol. The lowest BCUT2D eigenvalue weighted by Gasteiger charge is -2.26. The zero-order chi connectivity index (χ0) is 17.9. The minimum atomic E-state index is -0.452. The number of aromatic nitrogens is 2. The molecular formula is C22H26N2O2. The lowest BCUT2D eigenvalue weighted by Crippen LogP contribution is -2.19. The van der Waals surface area contributed by atoms with E-state index in [1.54, 1.807) is 0 Å². The van der Waals surface area contributed by atoms with Crippen molar-refractivity contribution in [1.82, 2.24) is 10.2 Å². The van der Waals surface area contributed by atoms with Gasteiger partial charge in [-0.05, 0) is 68.2 Å². The largest absolute Gasteiger partial charge is 0.490 e. The van der Waals surface area contributed by atoms with Gasteiger partial charge in [0.15, 0.2) is 0 Å². The van der Waals surface area contributed by atoms with Crippen molar-refractivity contribution in [2.45, 2.75) is 51.0 Å². The quantitative estimate of drug-likeness (QED) is 0.687. The summed E-state index contributed by atoms with van der Waals surface area (Å²) in [6.07, 6.45) is 4.97. The second-order valence-electron chi connectivity index (χ2n) is 7.33. The molecule has 4 rings (SSSR count). The van der Waals surface area contributed by atoms with Crippen LogP contribution in [0.25, 0.3) is 10.9 Å². The molecule has 1 aromatic heterocycles. The third kappa shape index (κ3) is 3.47. The molecule has 136 valence electrons. The number of ether oxygens (including phenoxy) is 1. The van der Waals surface area contributed by atoms with Gasteiger partial charge < -0.3 is 9.84 Å². The summed E-state index contributed by atoms with van der Waals surface area (Å²) in [5.74, 6) is 1.35. The van der Waals surface area contributed by atoms with Crippen LogP contribution in [-0.4, -0.2) is 28.0 Å². The predicted octanol–water partition coefficient (Wildman–Crippen LogP) is 4.51. The van der Waals surface area contributed by atoms with Crippen molar-refractivity contribution in [1.29, 1.82) is 0 Å². The second kappa shape index (κ2) is 7.50. The normalized spacial score (nSPS) is 17.8. The van der Waals surface area contributed by atoms with Crippen molar-refractivity contribution in [3.05, 3.63) is 59.3 Å². The molecule has 1 aliphatic carbocycles. The number of hydrogen-bond donors (Lipinski definition) is 2. The highest BCUT2D eigenvalue weighted by atomic mass is 16.5. The van der Waals surface area contributed by atoms with E-state index in [0.717, 1.165) is 35.2 Å². The fraction of sp³-hybridized carbons (Fsp3) is 0.409. The third-order valence-electron chi connectivity index (χ3n) is 5.50. The maximum atomic E-state index is 10.4. The fourth-order valence-electron chi connectivity index (χ4n) is 4.13. The lowest BCUT2D eigenvalue weighted by molar-refractivity contribution is 0.0965. The SMILES string of the molecule is Cc1[nH]nc2cccc(OC[C@@H](O)CCC3CCCc4ccccc43)c12. The standard InChI is InChI=1S/C22H26N2O2/c1-15-22-20(24-23-15)10-5-11-21(22)26-14-18(25)13-12-17-8-4-7-16-6-2-3-9-19(16)17/h2-3,5-6,9-11,17-18,25H,4,7-8,12-14H2,1H3,(H,23,24)/t17?,18-/m0/s1. The van der Waals surface area contributed by atoms with E-state index in [1.165, 1.54) is 30.4 Å². The number of aliphatic hydroxyl groups is 1. The number of aliphatic hydroxyl groups excluding tert-OH is 1. The van der Waals surface area contributed by atoms with Crippen molar-refractivity contribution in [2.75, 3.05) is 6.61 Å². The van der Waals surface area contributed by atoms with E-state index in [2.05, 4.69) is 34.5 Å². The number of benzene rings is 2. The summed E-state index contributed by atoms with van der Waals surface area (Å²) in [6, 6.07) is 14.6. The van der Waals surface area contributed by atoms with E-state index in [4.69, 9.17) is 4.74 Å². The lowest BCUT2D eigenvalue weighted by atomic mass is 9.80. The van der Waals surface area contributed by atoms with Gasteiger partial charge in [0.2, 0.25) is 0 Å². The van der Waals surface area contributed by atoms with Gasteiger partial charge >= 0.3 is 0 Å². The van der Waals surface area contributed by atoms with Crippen LogP contribution in [0.1, 0.15) is 48.4 Å². The number of rotatable bonds is 6. The number of H-pyrrole nitrogens is 1. The van der Waals surface area contributed by atoms with Gasteiger partial charge in [0, 0.05) is 5.69 Å². The highest BCUT2D eigenvalue weighted by Gasteiger charge is 2.21. The summed E-state index contributed by atoms with van der Waals surface area (Å²) in [5.41, 5.74) is 4.85. The van der Waals surface area contributed by atoms with E-state index in [-0.39, 0.29) is 0 Å². The molecule has 0 bridgehead atoms. The zero-order valence-corrected chi connectivity index (χ0v) is 15.2. The van der Waals surface area contributed by atoms with Crippen LogP contribution in [0.3, 0.4) is 0 Å².